The van der Waals surface area contributed by atoms with Gasteiger partial charge in [-0.1, -0.05) is 12.1 Å². The SMILES string of the molecule is COCC(N[S@+]([O-])C(C)(C)C)c1cccc(OC(F)(F)F)c1. The van der Waals surface area contributed by atoms with Crippen LogP contribution in [0, 0.1) is 0 Å². The van der Waals surface area contributed by atoms with Crippen LogP contribution in [0.25, 0.3) is 0 Å². The molecular formula is C14H20F3NO3S. The minimum absolute atomic E-state index is 0.164. The Morgan fingerprint density at radius 3 is 2.41 bits per heavy atom. The van der Waals surface area contributed by atoms with Gasteiger partial charge in [0.05, 0.1) is 6.61 Å². The van der Waals surface area contributed by atoms with Gasteiger partial charge >= 0.3 is 6.36 Å². The molecule has 22 heavy (non-hydrogen) atoms. The summed E-state index contributed by atoms with van der Waals surface area (Å²) in [4.78, 5) is 0. The maximum Gasteiger partial charge on any atom is 0.573 e. The van der Waals surface area contributed by atoms with Gasteiger partial charge in [0.1, 0.15) is 16.5 Å². The highest BCUT2D eigenvalue weighted by molar-refractivity contribution is 7.90. The Morgan fingerprint density at radius 1 is 1.27 bits per heavy atom. The van der Waals surface area contributed by atoms with Crippen LogP contribution in [-0.2, 0) is 16.1 Å². The molecule has 1 unspecified atom stereocenters. The van der Waals surface area contributed by atoms with Gasteiger partial charge in [-0.2, -0.15) is 0 Å². The van der Waals surface area contributed by atoms with Gasteiger partial charge in [-0.25, -0.2) is 0 Å². The zero-order valence-corrected chi connectivity index (χ0v) is 13.7. The largest absolute Gasteiger partial charge is 0.598 e. The number of methoxy groups -OCH3 is 1. The van der Waals surface area contributed by atoms with E-state index < -0.39 is 28.5 Å². The van der Waals surface area contributed by atoms with E-state index in [0.717, 1.165) is 0 Å². The van der Waals surface area contributed by atoms with E-state index in [0.29, 0.717) is 5.56 Å². The third-order valence-electron chi connectivity index (χ3n) is 2.63. The smallest absolute Gasteiger partial charge is 0.573 e. The molecule has 1 rings (SSSR count). The van der Waals surface area contributed by atoms with Crippen molar-refractivity contribution in [3.05, 3.63) is 29.8 Å². The fraction of sp³-hybridized carbons (Fsp3) is 0.571. The summed E-state index contributed by atoms with van der Waals surface area (Å²) in [6, 6.07) is 5.02. The van der Waals surface area contributed by atoms with Crippen molar-refractivity contribution in [2.75, 3.05) is 13.7 Å². The number of hydrogen-bond donors (Lipinski definition) is 1. The summed E-state index contributed by atoms with van der Waals surface area (Å²) in [6.45, 7) is 5.55. The predicted octanol–water partition coefficient (Wildman–Crippen LogP) is 3.32. The van der Waals surface area contributed by atoms with E-state index in [1.54, 1.807) is 26.8 Å². The highest BCUT2D eigenvalue weighted by atomic mass is 32.2. The third kappa shape index (κ3) is 6.43. The molecular weight excluding hydrogens is 319 g/mol. The lowest BCUT2D eigenvalue weighted by Gasteiger charge is -2.28. The second-order valence-corrected chi connectivity index (χ2v) is 7.63. The number of benzene rings is 1. The topological polar surface area (TPSA) is 53.5 Å². The Labute approximate surface area is 131 Å². The number of halogens is 3. The van der Waals surface area contributed by atoms with Gasteiger partial charge in [0.25, 0.3) is 0 Å². The Hall–Kier alpha value is -0.960. The Kier molecular flexibility index (Phi) is 6.54. The van der Waals surface area contributed by atoms with Gasteiger partial charge in [0.2, 0.25) is 0 Å². The number of rotatable bonds is 6. The maximum absolute atomic E-state index is 12.3. The van der Waals surface area contributed by atoms with Gasteiger partial charge in [-0.15, -0.1) is 17.9 Å². The second kappa shape index (κ2) is 7.54. The Bertz CT molecular complexity index is 477. The van der Waals surface area contributed by atoms with Crippen molar-refractivity contribution in [3.8, 4) is 5.75 Å². The van der Waals surface area contributed by atoms with Gasteiger partial charge in [0, 0.05) is 18.5 Å². The average Bonchev–Trinajstić information content (AvgIpc) is 2.35. The van der Waals surface area contributed by atoms with Crippen molar-refractivity contribution in [1.82, 2.24) is 4.72 Å². The van der Waals surface area contributed by atoms with Crippen molar-refractivity contribution in [1.29, 1.82) is 0 Å². The molecule has 0 aliphatic rings. The van der Waals surface area contributed by atoms with E-state index in [2.05, 4.69) is 9.46 Å². The van der Waals surface area contributed by atoms with E-state index in [-0.39, 0.29) is 12.4 Å². The molecule has 0 radical (unpaired) electrons. The molecule has 0 heterocycles. The monoisotopic (exact) mass is 339 g/mol. The lowest BCUT2D eigenvalue weighted by Crippen LogP contribution is -2.42. The first-order chi connectivity index (χ1) is 10.0. The van der Waals surface area contributed by atoms with Gasteiger partial charge in [0.15, 0.2) is 0 Å². The minimum Gasteiger partial charge on any atom is -0.598 e. The number of hydrogen-bond acceptors (Lipinski definition) is 4. The maximum atomic E-state index is 12.3. The molecule has 1 aromatic carbocycles. The molecule has 0 aromatic heterocycles. The van der Waals surface area contributed by atoms with E-state index in [1.807, 2.05) is 0 Å². The molecule has 0 amide bonds. The molecule has 0 saturated heterocycles. The molecule has 1 N–H and O–H groups in total. The van der Waals surface area contributed by atoms with Gasteiger partial charge in [-0.05, 0) is 38.5 Å². The number of nitrogens with one attached hydrogen (secondary N) is 1. The third-order valence-corrected chi connectivity index (χ3v) is 4.24. The summed E-state index contributed by atoms with van der Waals surface area (Å²) in [7, 11) is 1.46. The van der Waals surface area contributed by atoms with Gasteiger partial charge in [-0.3, -0.25) is 0 Å². The molecule has 0 aliphatic carbocycles. The normalized spacial score (nSPS) is 15.5. The first-order valence-corrected chi connectivity index (χ1v) is 7.70. The summed E-state index contributed by atoms with van der Waals surface area (Å²) in [5.74, 6) is -0.325. The van der Waals surface area contributed by atoms with Gasteiger partial charge < -0.3 is 14.0 Å². The molecule has 0 fully saturated rings. The van der Waals surface area contributed by atoms with Crippen LogP contribution in [0.1, 0.15) is 32.4 Å². The summed E-state index contributed by atoms with van der Waals surface area (Å²) in [5, 5.41) is 0. The van der Waals surface area contributed by atoms with E-state index in [1.165, 1.54) is 25.3 Å². The van der Waals surface area contributed by atoms with Crippen molar-refractivity contribution in [2.24, 2.45) is 0 Å². The predicted molar refractivity (Wildman–Crippen MR) is 78.8 cm³/mol. The van der Waals surface area contributed by atoms with Crippen LogP contribution in [0.3, 0.4) is 0 Å². The highest BCUT2D eigenvalue weighted by Crippen LogP contribution is 2.27. The van der Waals surface area contributed by atoms with E-state index in [4.69, 9.17) is 4.74 Å². The van der Waals surface area contributed by atoms with E-state index >= 15 is 0 Å². The van der Waals surface area contributed by atoms with Crippen LogP contribution in [0.4, 0.5) is 13.2 Å². The summed E-state index contributed by atoms with van der Waals surface area (Å²) < 4.78 is 60.3. The minimum atomic E-state index is -4.75. The zero-order valence-electron chi connectivity index (χ0n) is 12.9. The molecule has 8 heteroatoms. The van der Waals surface area contributed by atoms with Crippen molar-refractivity contribution < 1.29 is 27.2 Å². The molecule has 2 atom stereocenters. The van der Waals surface area contributed by atoms with Crippen molar-refractivity contribution >= 4 is 11.4 Å². The van der Waals surface area contributed by atoms with E-state index in [9.17, 15) is 17.7 Å². The molecule has 0 saturated carbocycles. The molecule has 4 nitrogen and oxygen atoms in total. The molecule has 0 spiro atoms. The summed E-state index contributed by atoms with van der Waals surface area (Å²) in [5.41, 5.74) is 0.501. The standard InChI is InChI=1S/C14H20F3NO3S/c1-13(2,3)22(19)18-12(9-20-4)10-6-5-7-11(8-10)21-14(15,16)17/h5-8,12,18H,9H2,1-4H3/t12?,22-/m1/s1. The first kappa shape index (κ1) is 19.1. The van der Waals surface area contributed by atoms with Crippen molar-refractivity contribution in [2.45, 2.75) is 37.9 Å². The van der Waals surface area contributed by atoms with Crippen LogP contribution in [0.15, 0.2) is 24.3 Å². The Morgan fingerprint density at radius 2 is 1.91 bits per heavy atom. The van der Waals surface area contributed by atoms with Crippen LogP contribution < -0.4 is 9.46 Å². The number of alkyl halides is 3. The van der Waals surface area contributed by atoms with Crippen LogP contribution in [0.2, 0.25) is 0 Å². The fourth-order valence-corrected chi connectivity index (χ4v) is 2.42. The quantitative estimate of drug-likeness (QED) is 0.808. The molecule has 1 aromatic rings. The Balaban J connectivity index is 2.94. The molecule has 0 aliphatic heterocycles. The van der Waals surface area contributed by atoms with Crippen LogP contribution in [0.5, 0.6) is 5.75 Å². The molecule has 126 valence electrons. The lowest BCUT2D eigenvalue weighted by atomic mass is 10.1. The highest BCUT2D eigenvalue weighted by Gasteiger charge is 2.32. The van der Waals surface area contributed by atoms with Crippen molar-refractivity contribution in [3.63, 3.8) is 0 Å². The number of ether oxygens (including phenoxy) is 2. The lowest BCUT2D eigenvalue weighted by molar-refractivity contribution is -0.274. The fourth-order valence-electron chi connectivity index (χ4n) is 1.60. The summed E-state index contributed by atoms with van der Waals surface area (Å²) >= 11 is -1.39. The zero-order chi connectivity index (χ0) is 17.0. The van der Waals surface area contributed by atoms with Crippen LogP contribution >= 0.6 is 0 Å². The summed E-state index contributed by atoms with van der Waals surface area (Å²) in [6.07, 6.45) is -4.75. The average molecular weight is 339 g/mol. The second-order valence-electron chi connectivity index (χ2n) is 5.63. The molecule has 0 bridgehead atoms. The first-order valence-electron chi connectivity index (χ1n) is 6.55. The van der Waals surface area contributed by atoms with Crippen LogP contribution in [-0.4, -0.2) is 29.4 Å².